The summed E-state index contributed by atoms with van der Waals surface area (Å²) in [5.41, 5.74) is 0.441. The van der Waals surface area contributed by atoms with Crippen molar-refractivity contribution in [2.75, 3.05) is 13.2 Å². The van der Waals surface area contributed by atoms with Gasteiger partial charge < -0.3 is 14.6 Å². The number of carboxylic acid groups (broad SMARTS) is 1. The Bertz CT molecular complexity index is 444. The number of rotatable bonds is 18. The maximum absolute atomic E-state index is 11.5. The van der Waals surface area contributed by atoms with Crippen LogP contribution in [0.2, 0.25) is 0 Å². The predicted octanol–water partition coefficient (Wildman–Crippen LogP) is 4.80. The average molecular weight is 385 g/mol. The van der Waals surface area contributed by atoms with Crippen molar-refractivity contribution in [3.63, 3.8) is 0 Å². The highest BCUT2D eigenvalue weighted by Crippen LogP contribution is 2.10. The molecule has 0 rings (SSSR count). The van der Waals surface area contributed by atoms with Gasteiger partial charge in [-0.05, 0) is 32.6 Å². The molecule has 0 heterocycles. The topological polar surface area (TPSA) is 89.9 Å². The van der Waals surface area contributed by atoms with Crippen molar-refractivity contribution in [3.05, 3.63) is 12.2 Å². The summed E-state index contributed by atoms with van der Waals surface area (Å²) >= 11 is 0. The fourth-order valence-corrected chi connectivity index (χ4v) is 2.53. The van der Waals surface area contributed by atoms with Crippen molar-refractivity contribution in [1.29, 1.82) is 0 Å². The first-order chi connectivity index (χ1) is 12.9. The number of esters is 2. The Kier molecular flexibility index (Phi) is 16.4. The van der Waals surface area contributed by atoms with Crippen LogP contribution in [0.5, 0.6) is 0 Å². The Balaban J connectivity index is 3.24. The van der Waals surface area contributed by atoms with E-state index in [2.05, 4.69) is 6.58 Å². The molecule has 0 bridgehead atoms. The quantitative estimate of drug-likeness (QED) is 0.207. The van der Waals surface area contributed by atoms with Crippen molar-refractivity contribution < 1.29 is 29.0 Å². The third-order valence-electron chi connectivity index (χ3n) is 4.15. The van der Waals surface area contributed by atoms with E-state index >= 15 is 0 Å². The molecule has 0 atom stereocenters. The maximum Gasteiger partial charge on any atom is 0.333 e. The molecule has 0 radical (unpaired) electrons. The molecule has 0 spiro atoms. The van der Waals surface area contributed by atoms with Gasteiger partial charge in [-0.15, -0.1) is 0 Å². The van der Waals surface area contributed by atoms with Crippen molar-refractivity contribution >= 4 is 17.9 Å². The van der Waals surface area contributed by atoms with Gasteiger partial charge in [-0.1, -0.05) is 51.5 Å². The summed E-state index contributed by atoms with van der Waals surface area (Å²) in [4.78, 5) is 33.0. The monoisotopic (exact) mass is 384 g/mol. The van der Waals surface area contributed by atoms with Crippen molar-refractivity contribution in [3.8, 4) is 0 Å². The molecule has 6 nitrogen and oxygen atoms in total. The third-order valence-corrected chi connectivity index (χ3v) is 4.15. The summed E-state index contributed by atoms with van der Waals surface area (Å²) in [7, 11) is 0. The predicted molar refractivity (Wildman–Crippen MR) is 104 cm³/mol. The third kappa shape index (κ3) is 18.7. The molecule has 0 unspecified atom stereocenters. The van der Waals surface area contributed by atoms with Crippen molar-refractivity contribution in [2.24, 2.45) is 0 Å². The lowest BCUT2D eigenvalue weighted by Crippen LogP contribution is -2.06. The highest BCUT2D eigenvalue weighted by molar-refractivity contribution is 5.86. The molecular weight excluding hydrogens is 348 g/mol. The van der Waals surface area contributed by atoms with Crippen LogP contribution in [0.4, 0.5) is 0 Å². The first-order valence-corrected chi connectivity index (χ1v) is 10.1. The fraction of sp³-hybridized carbons (Fsp3) is 0.762. The molecule has 27 heavy (non-hydrogen) atoms. The van der Waals surface area contributed by atoms with Crippen LogP contribution in [0.15, 0.2) is 12.2 Å². The number of hydrogen-bond donors (Lipinski definition) is 1. The second-order valence-corrected chi connectivity index (χ2v) is 6.92. The standard InChI is InChI=1S/C21H36O6/c1-18(2)21(25)27-17-13-8-6-4-3-5-7-12-16-26-20(24)15-11-9-10-14-19(22)23/h1,3-17H2,2H3,(H,22,23). The summed E-state index contributed by atoms with van der Waals surface area (Å²) in [6, 6.07) is 0. The number of ether oxygens (including phenoxy) is 2. The molecule has 0 aromatic carbocycles. The summed E-state index contributed by atoms with van der Waals surface area (Å²) in [6.45, 7) is 6.13. The minimum atomic E-state index is -0.790. The van der Waals surface area contributed by atoms with Gasteiger partial charge in [0.15, 0.2) is 0 Å². The molecule has 6 heteroatoms. The largest absolute Gasteiger partial charge is 0.481 e. The second kappa shape index (κ2) is 17.6. The van der Waals surface area contributed by atoms with Crippen LogP contribution >= 0.6 is 0 Å². The van der Waals surface area contributed by atoms with E-state index in [-0.39, 0.29) is 18.4 Å². The molecule has 0 aliphatic rings. The first kappa shape index (κ1) is 25.1. The second-order valence-electron chi connectivity index (χ2n) is 6.92. The van der Waals surface area contributed by atoms with E-state index in [9.17, 15) is 14.4 Å². The molecule has 0 saturated heterocycles. The minimum Gasteiger partial charge on any atom is -0.481 e. The highest BCUT2D eigenvalue weighted by Gasteiger charge is 2.04. The molecule has 0 saturated carbocycles. The number of unbranched alkanes of at least 4 members (excludes halogenated alkanes) is 9. The Hall–Kier alpha value is -1.85. The van der Waals surface area contributed by atoms with E-state index in [0.717, 1.165) is 44.9 Å². The Labute approximate surface area is 163 Å². The number of carboxylic acids is 1. The lowest BCUT2D eigenvalue weighted by Gasteiger charge is -2.06. The van der Waals surface area contributed by atoms with Gasteiger partial charge in [0.25, 0.3) is 0 Å². The van der Waals surface area contributed by atoms with Gasteiger partial charge in [0, 0.05) is 18.4 Å². The Morgan fingerprint density at radius 2 is 1.15 bits per heavy atom. The molecule has 1 N–H and O–H groups in total. The summed E-state index contributed by atoms with van der Waals surface area (Å²) in [6.07, 6.45) is 11.1. The lowest BCUT2D eigenvalue weighted by molar-refractivity contribution is -0.144. The molecule has 0 aliphatic carbocycles. The van der Waals surface area contributed by atoms with Crippen LogP contribution in [-0.4, -0.2) is 36.2 Å². The zero-order valence-corrected chi connectivity index (χ0v) is 16.8. The van der Waals surface area contributed by atoms with Gasteiger partial charge in [-0.25, -0.2) is 4.79 Å². The van der Waals surface area contributed by atoms with Crippen LogP contribution in [-0.2, 0) is 23.9 Å². The van der Waals surface area contributed by atoms with E-state index in [4.69, 9.17) is 14.6 Å². The first-order valence-electron chi connectivity index (χ1n) is 10.1. The Morgan fingerprint density at radius 1 is 0.704 bits per heavy atom. The van der Waals surface area contributed by atoms with E-state index in [1.165, 1.54) is 12.8 Å². The van der Waals surface area contributed by atoms with E-state index in [1.54, 1.807) is 6.92 Å². The normalized spacial score (nSPS) is 10.4. The molecular formula is C21H36O6. The van der Waals surface area contributed by atoms with Gasteiger partial charge in [-0.3, -0.25) is 9.59 Å². The highest BCUT2D eigenvalue weighted by atomic mass is 16.5. The minimum absolute atomic E-state index is 0.164. The summed E-state index contributed by atoms with van der Waals surface area (Å²) in [5, 5.41) is 8.52. The molecule has 0 amide bonds. The van der Waals surface area contributed by atoms with E-state index < -0.39 is 5.97 Å². The molecule has 0 aliphatic heterocycles. The van der Waals surface area contributed by atoms with Gasteiger partial charge in [0.05, 0.1) is 13.2 Å². The lowest BCUT2D eigenvalue weighted by atomic mass is 10.1. The molecule has 0 aromatic heterocycles. The SMILES string of the molecule is C=C(C)C(=O)OCCCCCCCCCCOC(=O)CCCCCC(=O)O. The maximum atomic E-state index is 11.5. The van der Waals surface area contributed by atoms with Crippen LogP contribution in [0.25, 0.3) is 0 Å². The zero-order chi connectivity index (χ0) is 20.3. The van der Waals surface area contributed by atoms with Gasteiger partial charge >= 0.3 is 17.9 Å². The number of carbonyl (C=O) groups excluding carboxylic acids is 2. The van der Waals surface area contributed by atoms with Gasteiger partial charge in [-0.2, -0.15) is 0 Å². The Morgan fingerprint density at radius 3 is 1.67 bits per heavy atom. The number of carbonyl (C=O) groups is 3. The van der Waals surface area contributed by atoms with Crippen LogP contribution in [0.1, 0.15) is 90.4 Å². The number of hydrogen-bond acceptors (Lipinski definition) is 5. The summed E-state index contributed by atoms with van der Waals surface area (Å²) in [5.74, 6) is -1.28. The van der Waals surface area contributed by atoms with Crippen LogP contribution in [0.3, 0.4) is 0 Å². The average Bonchev–Trinajstić information content (AvgIpc) is 2.61. The van der Waals surface area contributed by atoms with Crippen LogP contribution in [0, 0.1) is 0 Å². The van der Waals surface area contributed by atoms with Crippen molar-refractivity contribution in [1.82, 2.24) is 0 Å². The molecule has 156 valence electrons. The van der Waals surface area contributed by atoms with Gasteiger partial charge in [0.2, 0.25) is 0 Å². The zero-order valence-electron chi connectivity index (χ0n) is 16.8. The summed E-state index contributed by atoms with van der Waals surface area (Å²) < 4.78 is 10.2. The molecule has 0 aromatic rings. The smallest absolute Gasteiger partial charge is 0.333 e. The fourth-order valence-electron chi connectivity index (χ4n) is 2.53. The van der Waals surface area contributed by atoms with Crippen LogP contribution < -0.4 is 0 Å². The molecule has 0 fully saturated rings. The van der Waals surface area contributed by atoms with E-state index in [1.807, 2.05) is 0 Å². The number of aliphatic carboxylic acids is 1. The van der Waals surface area contributed by atoms with E-state index in [0.29, 0.717) is 38.0 Å². The van der Waals surface area contributed by atoms with Gasteiger partial charge in [0.1, 0.15) is 0 Å². The van der Waals surface area contributed by atoms with Crippen molar-refractivity contribution in [2.45, 2.75) is 90.4 Å².